The van der Waals surface area contributed by atoms with Crippen LogP contribution >= 0.6 is 0 Å². The molecule has 2 N–H and O–H groups in total. The summed E-state index contributed by atoms with van der Waals surface area (Å²) in [5.74, 6) is 0.452. The first-order valence-corrected chi connectivity index (χ1v) is 5.22. The summed E-state index contributed by atoms with van der Waals surface area (Å²) in [6, 6.07) is 8.05. The lowest BCUT2D eigenvalue weighted by molar-refractivity contribution is 0.414. The summed E-state index contributed by atoms with van der Waals surface area (Å²) in [6.07, 6.45) is 0. The van der Waals surface area contributed by atoms with Gasteiger partial charge < -0.3 is 5.73 Å². The quantitative estimate of drug-likeness (QED) is 0.822. The Morgan fingerprint density at radius 1 is 1.33 bits per heavy atom. The maximum Gasteiger partial charge on any atom is 0.113 e. The molecule has 4 heteroatoms. The molecule has 0 aliphatic carbocycles. The number of rotatable bonds is 3. The van der Waals surface area contributed by atoms with Gasteiger partial charge in [-0.3, -0.25) is 0 Å². The topological polar surface area (TPSA) is 56.7 Å². The molecule has 4 nitrogen and oxygen atoms in total. The van der Waals surface area contributed by atoms with Gasteiger partial charge >= 0.3 is 0 Å². The summed E-state index contributed by atoms with van der Waals surface area (Å²) in [5.41, 5.74) is 7.98. The number of nitrogens with two attached hydrogens (primary N) is 1. The maximum atomic E-state index is 6.01. The molecule has 1 unspecified atom stereocenters. The van der Waals surface area contributed by atoms with E-state index >= 15 is 0 Å². The highest BCUT2D eigenvalue weighted by Gasteiger charge is 2.11. The highest BCUT2D eigenvalue weighted by atomic mass is 15.4. The minimum Gasteiger partial charge on any atom is -0.326 e. The number of fused-ring (bicyclic) bond motifs is 1. The number of hydrogen-bond acceptors (Lipinski definition) is 3. The van der Waals surface area contributed by atoms with Crippen LogP contribution in [0.5, 0.6) is 0 Å². The molecule has 80 valence electrons. The minimum atomic E-state index is 0.120. The minimum absolute atomic E-state index is 0.120. The fourth-order valence-corrected chi connectivity index (χ4v) is 1.46. The molecular formula is C11H16N4. The lowest BCUT2D eigenvalue weighted by atomic mass is 10.1. The Morgan fingerprint density at radius 3 is 2.80 bits per heavy atom. The van der Waals surface area contributed by atoms with Crippen molar-refractivity contribution in [2.75, 3.05) is 0 Å². The van der Waals surface area contributed by atoms with Crippen LogP contribution in [0.15, 0.2) is 24.3 Å². The summed E-state index contributed by atoms with van der Waals surface area (Å²) in [6.45, 7) is 4.95. The molecule has 0 fully saturated rings. The van der Waals surface area contributed by atoms with Gasteiger partial charge in [-0.2, -0.15) is 0 Å². The third kappa shape index (κ3) is 1.99. The average molecular weight is 204 g/mol. The second kappa shape index (κ2) is 3.98. The van der Waals surface area contributed by atoms with Crippen LogP contribution in [-0.4, -0.2) is 21.0 Å². The smallest absolute Gasteiger partial charge is 0.113 e. The van der Waals surface area contributed by atoms with E-state index in [9.17, 15) is 0 Å². The molecule has 1 aromatic heterocycles. The van der Waals surface area contributed by atoms with Gasteiger partial charge in [-0.25, -0.2) is 4.68 Å². The van der Waals surface area contributed by atoms with E-state index < -0.39 is 0 Å². The van der Waals surface area contributed by atoms with E-state index in [4.69, 9.17) is 5.73 Å². The molecule has 0 aliphatic rings. The largest absolute Gasteiger partial charge is 0.326 e. The highest BCUT2D eigenvalue weighted by Crippen LogP contribution is 2.11. The van der Waals surface area contributed by atoms with Gasteiger partial charge in [0.1, 0.15) is 5.52 Å². The van der Waals surface area contributed by atoms with Crippen molar-refractivity contribution in [3.8, 4) is 0 Å². The molecule has 0 spiro atoms. The van der Waals surface area contributed by atoms with E-state index in [-0.39, 0.29) is 6.04 Å². The van der Waals surface area contributed by atoms with Crippen molar-refractivity contribution < 1.29 is 0 Å². The number of nitrogens with zero attached hydrogens (tertiary/aromatic N) is 3. The third-order valence-corrected chi connectivity index (χ3v) is 2.66. The number of aromatic nitrogens is 3. The first-order valence-electron chi connectivity index (χ1n) is 5.22. The SMILES string of the molecule is CC(C)C(N)Cn1nnc2ccccc21. The molecule has 2 aromatic rings. The summed E-state index contributed by atoms with van der Waals surface area (Å²) in [5, 5.41) is 8.19. The molecule has 0 radical (unpaired) electrons. The zero-order valence-electron chi connectivity index (χ0n) is 9.09. The zero-order valence-corrected chi connectivity index (χ0v) is 9.09. The predicted molar refractivity (Wildman–Crippen MR) is 60.3 cm³/mol. The number of benzene rings is 1. The first-order chi connectivity index (χ1) is 7.18. The molecule has 15 heavy (non-hydrogen) atoms. The third-order valence-electron chi connectivity index (χ3n) is 2.66. The van der Waals surface area contributed by atoms with Crippen molar-refractivity contribution in [1.82, 2.24) is 15.0 Å². The molecule has 0 aliphatic heterocycles. The summed E-state index contributed by atoms with van der Waals surface area (Å²) >= 11 is 0. The zero-order chi connectivity index (χ0) is 10.8. The second-order valence-electron chi connectivity index (χ2n) is 4.17. The van der Waals surface area contributed by atoms with E-state index in [2.05, 4.69) is 24.2 Å². The van der Waals surface area contributed by atoms with E-state index in [0.29, 0.717) is 5.92 Å². The van der Waals surface area contributed by atoms with Gasteiger partial charge in [-0.15, -0.1) is 5.10 Å². The molecule has 1 aromatic carbocycles. The lowest BCUT2D eigenvalue weighted by Gasteiger charge is -2.15. The van der Waals surface area contributed by atoms with E-state index in [1.165, 1.54) is 0 Å². The van der Waals surface area contributed by atoms with Crippen LogP contribution in [0.2, 0.25) is 0 Å². The predicted octanol–water partition coefficient (Wildman–Crippen LogP) is 1.41. The second-order valence-corrected chi connectivity index (χ2v) is 4.17. The van der Waals surface area contributed by atoms with Gasteiger partial charge in [-0.1, -0.05) is 31.2 Å². The monoisotopic (exact) mass is 204 g/mol. The van der Waals surface area contributed by atoms with E-state index in [0.717, 1.165) is 17.6 Å². The van der Waals surface area contributed by atoms with Crippen LogP contribution < -0.4 is 5.73 Å². The van der Waals surface area contributed by atoms with Crippen LogP contribution in [0.3, 0.4) is 0 Å². The van der Waals surface area contributed by atoms with Gasteiger partial charge in [0.25, 0.3) is 0 Å². The van der Waals surface area contributed by atoms with Gasteiger partial charge in [0.15, 0.2) is 0 Å². The van der Waals surface area contributed by atoms with Crippen LogP contribution in [-0.2, 0) is 6.54 Å². The molecule has 0 saturated carbocycles. The van der Waals surface area contributed by atoms with Gasteiger partial charge in [0.2, 0.25) is 0 Å². The Bertz CT molecular complexity index is 447. The molecular weight excluding hydrogens is 188 g/mol. The molecule has 1 atom stereocenters. The fourth-order valence-electron chi connectivity index (χ4n) is 1.46. The average Bonchev–Trinajstić information content (AvgIpc) is 2.62. The van der Waals surface area contributed by atoms with Crippen LogP contribution in [0.4, 0.5) is 0 Å². The van der Waals surface area contributed by atoms with Crippen LogP contribution in [0.1, 0.15) is 13.8 Å². The lowest BCUT2D eigenvalue weighted by Crippen LogP contribution is -2.31. The Labute approximate surface area is 89.1 Å². The van der Waals surface area contributed by atoms with E-state index in [1.807, 2.05) is 28.9 Å². The summed E-state index contributed by atoms with van der Waals surface area (Å²) in [7, 11) is 0. The standard InChI is InChI=1S/C11H16N4/c1-8(2)9(12)7-15-11-6-4-3-5-10(11)13-14-15/h3-6,8-9H,7,12H2,1-2H3. The van der Waals surface area contributed by atoms with Crippen molar-refractivity contribution in [3.05, 3.63) is 24.3 Å². The molecule has 2 rings (SSSR count). The van der Waals surface area contributed by atoms with Crippen molar-refractivity contribution >= 4 is 11.0 Å². The van der Waals surface area contributed by atoms with Crippen molar-refractivity contribution in [1.29, 1.82) is 0 Å². The van der Waals surface area contributed by atoms with Gasteiger partial charge in [-0.05, 0) is 18.1 Å². The molecule has 0 amide bonds. The molecule has 0 saturated heterocycles. The van der Waals surface area contributed by atoms with Gasteiger partial charge in [0.05, 0.1) is 12.1 Å². The summed E-state index contributed by atoms with van der Waals surface area (Å²) in [4.78, 5) is 0. The van der Waals surface area contributed by atoms with Crippen LogP contribution in [0, 0.1) is 5.92 Å². The molecule has 1 heterocycles. The number of para-hydroxylation sites is 1. The Kier molecular flexibility index (Phi) is 2.68. The Morgan fingerprint density at radius 2 is 2.07 bits per heavy atom. The normalized spacial score (nSPS) is 13.6. The highest BCUT2D eigenvalue weighted by molar-refractivity contribution is 5.73. The number of hydrogen-bond donors (Lipinski definition) is 1. The van der Waals surface area contributed by atoms with E-state index in [1.54, 1.807) is 0 Å². The Balaban J connectivity index is 2.29. The van der Waals surface area contributed by atoms with Crippen molar-refractivity contribution in [2.45, 2.75) is 26.4 Å². The molecule has 0 bridgehead atoms. The summed E-state index contributed by atoms with van der Waals surface area (Å²) < 4.78 is 1.88. The van der Waals surface area contributed by atoms with Gasteiger partial charge in [0, 0.05) is 6.04 Å². The maximum absolute atomic E-state index is 6.01. The van der Waals surface area contributed by atoms with Crippen molar-refractivity contribution in [3.63, 3.8) is 0 Å². The fraction of sp³-hybridized carbons (Fsp3) is 0.455. The van der Waals surface area contributed by atoms with Crippen molar-refractivity contribution in [2.24, 2.45) is 11.7 Å². The Hall–Kier alpha value is -1.42. The van der Waals surface area contributed by atoms with Crippen LogP contribution in [0.25, 0.3) is 11.0 Å². The first kappa shape index (κ1) is 10.1.